The highest BCUT2D eigenvalue weighted by Gasteiger charge is 2.24. The van der Waals surface area contributed by atoms with Crippen LogP contribution >= 0.6 is 15.9 Å². The normalized spacial score (nSPS) is 19.0. The van der Waals surface area contributed by atoms with Gasteiger partial charge in [-0.3, -0.25) is 0 Å². The van der Waals surface area contributed by atoms with Crippen molar-refractivity contribution >= 4 is 27.5 Å². The maximum Gasteiger partial charge on any atom is 0.254 e. The number of aryl methyl sites for hydroxylation is 1. The highest BCUT2D eigenvalue weighted by molar-refractivity contribution is 9.09. The van der Waals surface area contributed by atoms with Crippen molar-refractivity contribution in [3.63, 3.8) is 0 Å². The van der Waals surface area contributed by atoms with Gasteiger partial charge >= 0.3 is 0 Å². The molecule has 0 radical (unpaired) electrons. The van der Waals surface area contributed by atoms with Crippen molar-refractivity contribution in [3.8, 4) is 0 Å². The van der Waals surface area contributed by atoms with Gasteiger partial charge in [-0.15, -0.1) is 0 Å². The predicted molar refractivity (Wildman–Crippen MR) is 78.8 cm³/mol. The zero-order chi connectivity index (χ0) is 13.4. The van der Waals surface area contributed by atoms with E-state index >= 15 is 0 Å². The van der Waals surface area contributed by atoms with E-state index in [2.05, 4.69) is 48.9 Å². The van der Waals surface area contributed by atoms with E-state index in [0.29, 0.717) is 10.6 Å². The summed E-state index contributed by atoms with van der Waals surface area (Å²) in [5, 5.41) is 4.28. The predicted octanol–water partition coefficient (Wildman–Crippen LogP) is 2.43. The third-order valence-corrected chi connectivity index (χ3v) is 4.62. The number of halogens is 1. The summed E-state index contributed by atoms with van der Waals surface area (Å²) in [4.78, 5) is 11.6. The van der Waals surface area contributed by atoms with Crippen LogP contribution in [0.2, 0.25) is 0 Å². The topological polar surface area (TPSA) is 46.3 Å². The minimum Gasteiger partial charge on any atom is -0.356 e. The lowest BCUT2D eigenvalue weighted by molar-refractivity contribution is 0.404. The van der Waals surface area contributed by atoms with Crippen LogP contribution in [0.3, 0.4) is 0 Å². The van der Waals surface area contributed by atoms with E-state index in [1.165, 1.54) is 12.8 Å². The molecule has 3 heterocycles. The molecule has 1 unspecified atom stereocenters. The molecular formula is C13H18BrN5. The molecule has 1 aliphatic rings. The minimum atomic E-state index is 0.597. The maximum absolute atomic E-state index is 4.39. The van der Waals surface area contributed by atoms with Crippen molar-refractivity contribution in [2.24, 2.45) is 5.92 Å². The molecule has 1 fully saturated rings. The van der Waals surface area contributed by atoms with Gasteiger partial charge in [-0.05, 0) is 25.7 Å². The monoisotopic (exact) mass is 323 g/mol. The summed E-state index contributed by atoms with van der Waals surface area (Å²) < 4.78 is 1.84. The highest BCUT2D eigenvalue weighted by Crippen LogP contribution is 2.28. The summed E-state index contributed by atoms with van der Waals surface area (Å²) in [6.45, 7) is 6.38. The summed E-state index contributed by atoms with van der Waals surface area (Å²) in [7, 11) is 0. The molecule has 2 aromatic rings. The number of rotatable bonds is 2. The highest BCUT2D eigenvalue weighted by atomic mass is 79.9. The quantitative estimate of drug-likeness (QED) is 0.796. The van der Waals surface area contributed by atoms with Crippen LogP contribution in [-0.4, -0.2) is 37.5 Å². The molecule has 0 aromatic carbocycles. The third kappa shape index (κ3) is 2.45. The Labute approximate surface area is 121 Å². The van der Waals surface area contributed by atoms with Crippen LogP contribution in [0.15, 0.2) is 12.4 Å². The molecule has 2 aromatic heterocycles. The zero-order valence-electron chi connectivity index (χ0n) is 11.3. The summed E-state index contributed by atoms with van der Waals surface area (Å²) in [5.41, 5.74) is 0.992. The van der Waals surface area contributed by atoms with E-state index in [0.717, 1.165) is 30.5 Å². The fourth-order valence-corrected chi connectivity index (χ4v) is 3.25. The number of nitrogens with zero attached hydrogens (tertiary/aromatic N) is 5. The van der Waals surface area contributed by atoms with Gasteiger partial charge in [-0.25, -0.2) is 4.98 Å². The number of fused-ring (bicyclic) bond motifs is 1. The van der Waals surface area contributed by atoms with Crippen molar-refractivity contribution < 1.29 is 0 Å². The molecule has 5 nitrogen and oxygen atoms in total. The summed E-state index contributed by atoms with van der Waals surface area (Å²) >= 11 is 3.70. The van der Waals surface area contributed by atoms with Gasteiger partial charge in [0.25, 0.3) is 5.78 Å². The fraction of sp³-hybridized carbons (Fsp3) is 0.615. The average molecular weight is 324 g/mol. The number of hydrogen-bond donors (Lipinski definition) is 0. The van der Waals surface area contributed by atoms with E-state index in [9.17, 15) is 0 Å². The Kier molecular flexibility index (Phi) is 3.43. The molecule has 6 heteroatoms. The Morgan fingerprint density at radius 3 is 2.79 bits per heavy atom. The first-order valence-electron chi connectivity index (χ1n) is 6.71. The first-order valence-corrected chi connectivity index (χ1v) is 7.63. The van der Waals surface area contributed by atoms with Crippen molar-refractivity contribution in [1.29, 1.82) is 0 Å². The van der Waals surface area contributed by atoms with Crippen molar-refractivity contribution in [2.45, 2.75) is 31.5 Å². The van der Waals surface area contributed by atoms with E-state index in [1.807, 2.05) is 11.4 Å². The lowest BCUT2D eigenvalue weighted by Gasteiger charge is -2.34. The summed E-state index contributed by atoms with van der Waals surface area (Å²) in [5.74, 6) is 2.57. The molecule has 1 atom stereocenters. The van der Waals surface area contributed by atoms with Crippen LogP contribution in [-0.2, 0) is 0 Å². The summed E-state index contributed by atoms with van der Waals surface area (Å²) in [6.07, 6.45) is 3.99. The van der Waals surface area contributed by atoms with E-state index in [4.69, 9.17) is 0 Å². The van der Waals surface area contributed by atoms with Crippen LogP contribution in [0.4, 0.5) is 5.82 Å². The average Bonchev–Trinajstić information content (AvgIpc) is 2.85. The molecule has 0 saturated carbocycles. The van der Waals surface area contributed by atoms with E-state index in [-0.39, 0.29) is 0 Å². The van der Waals surface area contributed by atoms with Crippen LogP contribution in [0.5, 0.6) is 0 Å². The van der Waals surface area contributed by atoms with Crippen molar-refractivity contribution in [2.75, 3.05) is 18.0 Å². The molecule has 3 rings (SSSR count). The van der Waals surface area contributed by atoms with E-state index < -0.39 is 0 Å². The van der Waals surface area contributed by atoms with Gasteiger partial charge in [0.05, 0.1) is 0 Å². The van der Waals surface area contributed by atoms with Crippen LogP contribution < -0.4 is 4.90 Å². The van der Waals surface area contributed by atoms with Gasteiger partial charge in [0.15, 0.2) is 0 Å². The smallest absolute Gasteiger partial charge is 0.254 e. The third-order valence-electron chi connectivity index (χ3n) is 3.87. The lowest BCUT2D eigenvalue weighted by Crippen LogP contribution is -2.37. The number of anilines is 1. The standard InChI is InChI=1S/C13H18BrN5/c1-9-7-12(19-13(17-9)15-8-16-19)18-5-3-11(4-6-18)10(2)14/h7-8,10-11H,3-6H2,1-2H3. The first kappa shape index (κ1) is 12.8. The largest absolute Gasteiger partial charge is 0.356 e. The second-order valence-corrected chi connectivity index (χ2v) is 6.67. The molecule has 1 aliphatic heterocycles. The van der Waals surface area contributed by atoms with Crippen LogP contribution in [0, 0.1) is 12.8 Å². The van der Waals surface area contributed by atoms with Crippen molar-refractivity contribution in [3.05, 3.63) is 18.1 Å². The molecule has 0 amide bonds. The Morgan fingerprint density at radius 1 is 1.37 bits per heavy atom. The Morgan fingerprint density at radius 2 is 2.11 bits per heavy atom. The van der Waals surface area contributed by atoms with Gasteiger partial charge in [-0.1, -0.05) is 22.9 Å². The summed E-state index contributed by atoms with van der Waals surface area (Å²) in [6, 6.07) is 2.10. The van der Waals surface area contributed by atoms with Gasteiger partial charge < -0.3 is 4.90 Å². The SMILES string of the molecule is Cc1cc(N2CCC(C(C)Br)CC2)n2ncnc2n1. The Balaban J connectivity index is 1.87. The number of piperidine rings is 1. The van der Waals surface area contributed by atoms with Gasteiger partial charge in [0.1, 0.15) is 12.1 Å². The number of alkyl halides is 1. The molecule has 102 valence electrons. The molecular weight excluding hydrogens is 306 g/mol. The Bertz CT molecular complexity index is 571. The van der Waals surface area contributed by atoms with Crippen LogP contribution in [0.25, 0.3) is 5.78 Å². The van der Waals surface area contributed by atoms with Gasteiger partial charge in [0.2, 0.25) is 0 Å². The van der Waals surface area contributed by atoms with Gasteiger partial charge in [-0.2, -0.15) is 14.6 Å². The zero-order valence-corrected chi connectivity index (χ0v) is 12.8. The number of aromatic nitrogens is 4. The minimum absolute atomic E-state index is 0.597. The molecule has 0 spiro atoms. The Hall–Kier alpha value is -1.17. The van der Waals surface area contributed by atoms with E-state index in [1.54, 1.807) is 6.33 Å². The second kappa shape index (κ2) is 5.07. The molecule has 0 aliphatic carbocycles. The molecule has 1 saturated heterocycles. The molecule has 0 N–H and O–H groups in total. The number of hydrogen-bond acceptors (Lipinski definition) is 4. The molecule has 19 heavy (non-hydrogen) atoms. The van der Waals surface area contributed by atoms with Crippen LogP contribution in [0.1, 0.15) is 25.5 Å². The first-order chi connectivity index (χ1) is 9.15. The van der Waals surface area contributed by atoms with Gasteiger partial charge in [0, 0.05) is 29.7 Å². The lowest BCUT2D eigenvalue weighted by atomic mass is 9.94. The second-order valence-electron chi connectivity index (χ2n) is 5.23. The fourth-order valence-electron chi connectivity index (χ4n) is 2.72. The molecule has 0 bridgehead atoms. The maximum atomic E-state index is 4.39. The van der Waals surface area contributed by atoms with Crippen molar-refractivity contribution in [1.82, 2.24) is 19.6 Å².